The number of nitrogens with zero attached hydrogens (tertiary/aromatic N) is 1. The third kappa shape index (κ3) is 4.48. The molecule has 5 heteroatoms. The monoisotopic (exact) mass is 383 g/mol. The minimum atomic E-state index is -3.48. The van der Waals surface area contributed by atoms with Gasteiger partial charge in [-0.05, 0) is 36.8 Å². The minimum Gasteiger partial charge on any atom is -0.573 e. The van der Waals surface area contributed by atoms with Gasteiger partial charge in [-0.15, -0.1) is 0 Å². The fraction of sp³-hybridized carbons (Fsp3) is 0.143. The molecular weight excluding hydrogens is 362 g/mol. The van der Waals surface area contributed by atoms with Gasteiger partial charge in [-0.1, -0.05) is 67.2 Å². The van der Waals surface area contributed by atoms with E-state index in [0.717, 1.165) is 14.7 Å². The lowest BCUT2D eigenvalue weighted by Crippen LogP contribution is -2.07. The Morgan fingerprint density at radius 2 is 1.27 bits per heavy atom. The van der Waals surface area contributed by atoms with Crippen molar-refractivity contribution in [3.8, 4) is 0 Å². The highest BCUT2D eigenvalue weighted by Gasteiger charge is 2.29. The topological polar surface area (TPSA) is 48.2 Å². The Bertz CT molecular complexity index is 903. The van der Waals surface area contributed by atoms with Gasteiger partial charge in [0, 0.05) is 5.75 Å². The van der Waals surface area contributed by atoms with Gasteiger partial charge in [0.1, 0.15) is 0 Å². The van der Waals surface area contributed by atoms with Crippen LogP contribution in [0.4, 0.5) is 5.69 Å². The van der Waals surface area contributed by atoms with E-state index >= 15 is 0 Å². The van der Waals surface area contributed by atoms with Crippen LogP contribution in [0.1, 0.15) is 13.3 Å². The zero-order valence-electron chi connectivity index (χ0n) is 14.6. The molecule has 0 aromatic heterocycles. The molecule has 3 aromatic rings. The maximum atomic E-state index is 12.3. The quantitative estimate of drug-likeness (QED) is 0.504. The fourth-order valence-electron chi connectivity index (χ4n) is 2.66. The molecule has 0 atom stereocenters. The van der Waals surface area contributed by atoms with Crippen molar-refractivity contribution >= 4 is 26.6 Å². The van der Waals surface area contributed by atoms with Crippen LogP contribution in [0, 0.1) is 0 Å². The van der Waals surface area contributed by atoms with Gasteiger partial charge in [0.2, 0.25) is 0 Å². The molecule has 0 saturated heterocycles. The molecule has 0 radical (unpaired) electrons. The van der Waals surface area contributed by atoms with Crippen LogP contribution >= 0.6 is 0 Å². The highest BCUT2D eigenvalue weighted by molar-refractivity contribution is 7.97. The van der Waals surface area contributed by atoms with Gasteiger partial charge in [0.25, 0.3) is 0 Å². The lowest BCUT2D eigenvalue weighted by atomic mass is 10.3. The van der Waals surface area contributed by atoms with E-state index in [0.29, 0.717) is 12.1 Å². The van der Waals surface area contributed by atoms with Crippen molar-refractivity contribution in [3.63, 3.8) is 0 Å². The molecule has 26 heavy (non-hydrogen) atoms. The van der Waals surface area contributed by atoms with E-state index in [1.54, 1.807) is 6.07 Å². The SMILES string of the molecule is CCCS(=O)(=O)[N-]c1ccccc1[S+](c1ccccc1)c1ccccc1. The van der Waals surface area contributed by atoms with Crippen LogP contribution in [0.3, 0.4) is 0 Å². The lowest BCUT2D eigenvalue weighted by Gasteiger charge is -2.23. The second-order valence-corrected chi connectivity index (χ2v) is 9.53. The third-order valence-electron chi connectivity index (χ3n) is 3.74. The smallest absolute Gasteiger partial charge is 0.166 e. The molecule has 0 amide bonds. The molecular formula is C21H21NO2S2. The van der Waals surface area contributed by atoms with Gasteiger partial charge in [-0.25, -0.2) is 8.42 Å². The highest BCUT2D eigenvalue weighted by Crippen LogP contribution is 2.39. The van der Waals surface area contributed by atoms with Crippen molar-refractivity contribution in [1.29, 1.82) is 0 Å². The van der Waals surface area contributed by atoms with E-state index in [9.17, 15) is 8.42 Å². The Labute approximate surface area is 158 Å². The molecule has 0 unspecified atom stereocenters. The average molecular weight is 384 g/mol. The first-order chi connectivity index (χ1) is 12.6. The standard InChI is InChI=1S/C21H21NO2S2/c1-2-17-26(23,24)22-20-15-9-10-16-21(20)25(18-11-5-3-6-12-18)19-13-7-4-8-14-19/h3-16H,2,17H2,1H3. The van der Waals surface area contributed by atoms with E-state index in [2.05, 4.69) is 29.0 Å². The summed E-state index contributed by atoms with van der Waals surface area (Å²) in [5, 5.41) is 0. The molecule has 3 nitrogen and oxygen atoms in total. The summed E-state index contributed by atoms with van der Waals surface area (Å²) in [5.41, 5.74) is 0.525. The molecule has 0 bridgehead atoms. The molecule has 0 N–H and O–H groups in total. The van der Waals surface area contributed by atoms with Gasteiger partial charge in [-0.2, -0.15) is 0 Å². The zero-order chi connectivity index (χ0) is 18.4. The molecule has 3 rings (SSSR count). The highest BCUT2D eigenvalue weighted by atomic mass is 32.2. The molecule has 0 heterocycles. The summed E-state index contributed by atoms with van der Waals surface area (Å²) in [6, 6.07) is 27.8. The van der Waals surface area contributed by atoms with Crippen molar-refractivity contribution in [1.82, 2.24) is 0 Å². The summed E-state index contributed by atoms with van der Waals surface area (Å²) in [5.74, 6) is 0.0613. The fourth-order valence-corrected chi connectivity index (χ4v) is 5.96. The Morgan fingerprint density at radius 1 is 0.769 bits per heavy atom. The van der Waals surface area contributed by atoms with Crippen LogP contribution in [0.15, 0.2) is 99.6 Å². The third-order valence-corrected chi connectivity index (χ3v) is 7.41. The van der Waals surface area contributed by atoms with E-state index in [-0.39, 0.29) is 5.75 Å². The van der Waals surface area contributed by atoms with Crippen molar-refractivity contribution in [2.75, 3.05) is 5.75 Å². The predicted octanol–water partition coefficient (Wildman–Crippen LogP) is 5.53. The largest absolute Gasteiger partial charge is 0.573 e. The molecule has 134 valence electrons. The van der Waals surface area contributed by atoms with Crippen molar-refractivity contribution in [3.05, 3.63) is 89.7 Å². The Morgan fingerprint density at radius 3 is 1.81 bits per heavy atom. The second-order valence-electron chi connectivity index (χ2n) is 5.78. The zero-order valence-corrected chi connectivity index (χ0v) is 16.2. The van der Waals surface area contributed by atoms with Crippen LogP contribution in [0.2, 0.25) is 0 Å². The normalized spacial score (nSPS) is 11.5. The van der Waals surface area contributed by atoms with Crippen molar-refractivity contribution < 1.29 is 8.42 Å². The van der Waals surface area contributed by atoms with Gasteiger partial charge in [0.15, 0.2) is 14.7 Å². The number of rotatable bonds is 7. The molecule has 0 fully saturated rings. The second kappa shape index (κ2) is 8.43. The Hall–Kier alpha value is -2.24. The van der Waals surface area contributed by atoms with Crippen molar-refractivity contribution in [2.24, 2.45) is 0 Å². The van der Waals surface area contributed by atoms with Crippen LogP contribution in [0.5, 0.6) is 0 Å². The van der Waals surface area contributed by atoms with E-state index in [4.69, 9.17) is 0 Å². The summed E-state index contributed by atoms with van der Waals surface area (Å²) in [6.07, 6.45) is 0.553. The van der Waals surface area contributed by atoms with E-state index in [1.165, 1.54) is 0 Å². The molecule has 0 spiro atoms. The van der Waals surface area contributed by atoms with Gasteiger partial charge in [0.05, 0.1) is 20.9 Å². The van der Waals surface area contributed by atoms with Crippen LogP contribution in [-0.4, -0.2) is 14.2 Å². The van der Waals surface area contributed by atoms with Crippen LogP contribution in [-0.2, 0) is 20.9 Å². The molecule has 0 aliphatic heterocycles. The lowest BCUT2D eigenvalue weighted by molar-refractivity contribution is 0.602. The van der Waals surface area contributed by atoms with E-state index < -0.39 is 20.9 Å². The molecule has 0 saturated carbocycles. The summed E-state index contributed by atoms with van der Waals surface area (Å²) in [4.78, 5) is 3.19. The van der Waals surface area contributed by atoms with Crippen LogP contribution < -0.4 is 0 Å². The average Bonchev–Trinajstić information content (AvgIpc) is 2.65. The van der Waals surface area contributed by atoms with Crippen molar-refractivity contribution in [2.45, 2.75) is 28.0 Å². The summed E-state index contributed by atoms with van der Waals surface area (Å²) in [7, 11) is -3.90. The molecule has 0 aliphatic carbocycles. The predicted molar refractivity (Wildman–Crippen MR) is 109 cm³/mol. The Balaban J connectivity index is 2.11. The maximum absolute atomic E-state index is 12.3. The van der Waals surface area contributed by atoms with E-state index in [1.807, 2.05) is 61.5 Å². The summed E-state index contributed by atoms with van der Waals surface area (Å²) in [6.45, 7) is 1.84. The van der Waals surface area contributed by atoms with Gasteiger partial charge < -0.3 is 4.72 Å². The van der Waals surface area contributed by atoms with Gasteiger partial charge in [-0.3, -0.25) is 0 Å². The molecule has 0 aliphatic rings. The maximum Gasteiger partial charge on any atom is 0.166 e. The number of hydrogen-bond acceptors (Lipinski definition) is 2. The first-order valence-electron chi connectivity index (χ1n) is 8.50. The number of sulfonamides is 1. The Kier molecular flexibility index (Phi) is 6.01. The number of hydrogen-bond donors (Lipinski definition) is 0. The summed E-state index contributed by atoms with van der Waals surface area (Å²) < 4.78 is 28.7. The summed E-state index contributed by atoms with van der Waals surface area (Å²) >= 11 is 0. The first kappa shape index (κ1) is 18.5. The first-order valence-corrected chi connectivity index (χ1v) is 11.3. The van der Waals surface area contributed by atoms with Crippen LogP contribution in [0.25, 0.3) is 4.72 Å². The number of benzene rings is 3. The minimum absolute atomic E-state index is 0.0613. The molecule has 3 aromatic carbocycles. The van der Waals surface area contributed by atoms with Gasteiger partial charge >= 0.3 is 0 Å².